The van der Waals surface area contributed by atoms with Crippen LogP contribution in [0.25, 0.3) is 40.9 Å². The minimum Gasteiger partial charge on any atom is -0.353 e. The van der Waals surface area contributed by atoms with Crippen molar-refractivity contribution in [3.8, 4) is 0 Å². The summed E-state index contributed by atoms with van der Waals surface area (Å²) in [5, 5.41) is 3.34. The Hall–Kier alpha value is -3.73. The van der Waals surface area contributed by atoms with Crippen LogP contribution in [0.15, 0.2) is 73.0 Å². The average molecular weight is 776 g/mol. The summed E-state index contributed by atoms with van der Waals surface area (Å²) in [6, 6.07) is 6.73. The second-order valence-corrected chi connectivity index (χ2v) is 15.7. The van der Waals surface area contributed by atoms with Crippen molar-refractivity contribution in [1.29, 1.82) is 0 Å². The zero-order valence-corrected chi connectivity index (χ0v) is 30.1. The van der Waals surface area contributed by atoms with Crippen molar-refractivity contribution in [3.05, 3.63) is 119 Å². The van der Waals surface area contributed by atoms with Gasteiger partial charge in [0.15, 0.2) is 10.9 Å². The minimum atomic E-state index is -0.0562. The molecule has 0 saturated carbocycles. The number of aromatic nitrogens is 6. The van der Waals surface area contributed by atoms with Crippen LogP contribution in [-0.2, 0) is 0 Å². The van der Waals surface area contributed by atoms with Crippen LogP contribution in [-0.4, -0.2) is 29.9 Å². The molecule has 0 aliphatic carbocycles. The fraction of sp³-hybridized carbons (Fsp3) is 0.133. The highest BCUT2D eigenvalue weighted by Gasteiger charge is 2.10. The first-order valence-corrected chi connectivity index (χ1v) is 17.8. The van der Waals surface area contributed by atoms with Crippen molar-refractivity contribution in [2.24, 2.45) is 0 Å². The Morgan fingerprint density at radius 1 is 0.652 bits per heavy atom. The van der Waals surface area contributed by atoms with Gasteiger partial charge in [-0.15, -0.1) is 45.3 Å². The van der Waals surface area contributed by atoms with E-state index in [9.17, 15) is 19.2 Å². The fourth-order valence-corrected chi connectivity index (χ4v) is 8.90. The molecule has 0 spiro atoms. The molecule has 0 saturated heterocycles. The Kier molecular flexibility index (Phi) is 10.5. The highest BCUT2D eigenvalue weighted by molar-refractivity contribution is 9.10. The highest BCUT2D eigenvalue weighted by Crippen LogP contribution is 2.31. The van der Waals surface area contributed by atoms with Crippen LogP contribution < -0.4 is 22.0 Å². The van der Waals surface area contributed by atoms with Crippen molar-refractivity contribution in [2.45, 2.75) is 27.7 Å². The minimum absolute atomic E-state index is 0.0156. The topological polar surface area (TPSA) is 157 Å². The summed E-state index contributed by atoms with van der Waals surface area (Å²) in [6.45, 7) is 7.82. The standard InChI is InChI=1S/C8H6BrNOS.C8H6ClNOS.2C7H6N2OS/c2*1-4-7(9)6-5(11)2-3-10-8(6)12-4;2*1-4-2-5-6(10)8-3-9-7(5)11-4/h2*2-3H,1H3,(H,10,11);2*2-3H,1H3,(H,8,9,10). The predicted octanol–water partition coefficient (Wildman–Crippen LogP) is 7.80. The molecule has 0 amide bonds. The van der Waals surface area contributed by atoms with E-state index in [1.807, 2.05) is 39.8 Å². The normalized spacial score (nSPS) is 10.7. The molecule has 8 aromatic heterocycles. The van der Waals surface area contributed by atoms with Crippen molar-refractivity contribution in [1.82, 2.24) is 29.9 Å². The zero-order valence-electron chi connectivity index (χ0n) is 24.5. The Morgan fingerprint density at radius 2 is 1.11 bits per heavy atom. The number of hydrogen-bond donors (Lipinski definition) is 4. The Balaban J connectivity index is 0.000000121. The van der Waals surface area contributed by atoms with Crippen LogP contribution in [0.4, 0.5) is 0 Å². The van der Waals surface area contributed by atoms with Crippen molar-refractivity contribution >= 4 is 114 Å². The summed E-state index contributed by atoms with van der Waals surface area (Å²) in [6.07, 6.45) is 6.17. The smallest absolute Gasteiger partial charge is 0.259 e. The first-order chi connectivity index (χ1) is 21.9. The molecule has 8 aromatic rings. The summed E-state index contributed by atoms with van der Waals surface area (Å²) >= 11 is 15.5. The molecule has 0 aliphatic rings. The number of halogens is 2. The van der Waals surface area contributed by atoms with E-state index in [0.29, 0.717) is 21.2 Å². The van der Waals surface area contributed by atoms with E-state index in [1.54, 1.807) is 29.8 Å². The summed E-state index contributed by atoms with van der Waals surface area (Å²) < 4.78 is 0.921. The molecule has 10 nitrogen and oxygen atoms in total. The van der Waals surface area contributed by atoms with Crippen LogP contribution >= 0.6 is 72.9 Å². The molecule has 236 valence electrons. The predicted molar refractivity (Wildman–Crippen MR) is 197 cm³/mol. The summed E-state index contributed by atoms with van der Waals surface area (Å²) in [5.74, 6) is 0. The number of rotatable bonds is 0. The molecule has 0 atom stereocenters. The number of fused-ring (bicyclic) bond motifs is 4. The van der Waals surface area contributed by atoms with E-state index in [4.69, 9.17) is 11.6 Å². The molecular formula is C30H24BrClN6O4S4. The molecule has 46 heavy (non-hydrogen) atoms. The average Bonchev–Trinajstić information content (AvgIpc) is 3.75. The van der Waals surface area contributed by atoms with Gasteiger partial charge in [-0.05, 0) is 55.8 Å². The first kappa shape index (κ1) is 33.6. The van der Waals surface area contributed by atoms with Crippen LogP contribution in [0.5, 0.6) is 0 Å². The maximum Gasteiger partial charge on any atom is 0.259 e. The van der Waals surface area contributed by atoms with Gasteiger partial charge in [0.1, 0.15) is 19.3 Å². The Bertz CT molecular complexity index is 2390. The van der Waals surface area contributed by atoms with Gasteiger partial charge in [-0.2, -0.15) is 0 Å². The Morgan fingerprint density at radius 3 is 1.57 bits per heavy atom. The number of nitrogens with zero attached hydrogens (tertiary/aromatic N) is 2. The van der Waals surface area contributed by atoms with E-state index < -0.39 is 0 Å². The van der Waals surface area contributed by atoms with Crippen LogP contribution in [0, 0.1) is 27.7 Å². The zero-order chi connectivity index (χ0) is 33.1. The van der Waals surface area contributed by atoms with E-state index in [-0.39, 0.29) is 22.0 Å². The van der Waals surface area contributed by atoms with Gasteiger partial charge >= 0.3 is 0 Å². The van der Waals surface area contributed by atoms with Gasteiger partial charge in [0.05, 0.1) is 39.2 Å². The van der Waals surface area contributed by atoms with Crippen LogP contribution in [0.1, 0.15) is 19.5 Å². The highest BCUT2D eigenvalue weighted by atomic mass is 79.9. The van der Waals surface area contributed by atoms with E-state index >= 15 is 0 Å². The molecule has 4 N–H and O–H groups in total. The van der Waals surface area contributed by atoms with E-state index in [1.165, 1.54) is 52.7 Å². The molecule has 0 aromatic carbocycles. The lowest BCUT2D eigenvalue weighted by atomic mass is 10.3. The van der Waals surface area contributed by atoms with Crippen molar-refractivity contribution < 1.29 is 0 Å². The molecule has 0 fully saturated rings. The summed E-state index contributed by atoms with van der Waals surface area (Å²) in [4.78, 5) is 71.8. The van der Waals surface area contributed by atoms with Crippen LogP contribution in [0.3, 0.4) is 0 Å². The lowest BCUT2D eigenvalue weighted by molar-refractivity contribution is 1.18. The van der Waals surface area contributed by atoms with E-state index in [2.05, 4.69) is 45.8 Å². The molecule has 0 aliphatic heterocycles. The molecule has 16 heteroatoms. The largest absolute Gasteiger partial charge is 0.353 e. The van der Waals surface area contributed by atoms with Gasteiger partial charge in [0.25, 0.3) is 11.1 Å². The number of hydrogen-bond acceptors (Lipinski definition) is 10. The number of nitrogens with one attached hydrogen (secondary N) is 4. The molecule has 8 rings (SSSR count). The SMILES string of the molecule is Cc1cc2c(=O)[nH]cnc2s1.Cc1cc2c(=O)[nH]cnc2s1.Cc1sc2[nH]ccc(=O)c2c1Br.Cc1sc2[nH]ccc(=O)c2c1Cl. The lowest BCUT2D eigenvalue weighted by Gasteiger charge is -1.87. The summed E-state index contributed by atoms with van der Waals surface area (Å²) in [7, 11) is 0. The Labute approximate surface area is 289 Å². The van der Waals surface area contributed by atoms with Gasteiger partial charge in [-0.1, -0.05) is 11.6 Å². The number of aromatic amines is 4. The van der Waals surface area contributed by atoms with E-state index in [0.717, 1.165) is 48.7 Å². The van der Waals surface area contributed by atoms with Crippen molar-refractivity contribution in [2.75, 3.05) is 0 Å². The summed E-state index contributed by atoms with van der Waals surface area (Å²) in [5.41, 5.74) is -0.0585. The monoisotopic (exact) mass is 774 g/mol. The quantitative estimate of drug-likeness (QED) is 0.123. The van der Waals surface area contributed by atoms with Gasteiger partial charge in [0.2, 0.25) is 0 Å². The van der Waals surface area contributed by atoms with Gasteiger partial charge < -0.3 is 19.9 Å². The second-order valence-electron chi connectivity index (χ2n) is 9.65. The molecule has 8 heterocycles. The van der Waals surface area contributed by atoms with Crippen molar-refractivity contribution in [3.63, 3.8) is 0 Å². The fourth-order valence-electron chi connectivity index (χ4n) is 4.22. The third-order valence-corrected chi connectivity index (χ3v) is 12.2. The van der Waals surface area contributed by atoms with Gasteiger partial charge in [-0.3, -0.25) is 19.2 Å². The second kappa shape index (κ2) is 14.4. The maximum absolute atomic E-state index is 11.4. The third-order valence-electron chi connectivity index (χ3n) is 6.33. The molecule has 0 unspecified atom stereocenters. The first-order valence-electron chi connectivity index (χ1n) is 13.3. The van der Waals surface area contributed by atoms with Gasteiger partial charge in [0, 0.05) is 48.5 Å². The maximum atomic E-state index is 11.4. The molecule has 0 radical (unpaired) electrons. The molecule has 0 bridgehead atoms. The lowest BCUT2D eigenvalue weighted by Crippen LogP contribution is -2.03. The number of pyridine rings is 2. The number of thiophene rings is 4. The number of aryl methyl sites for hydroxylation is 4. The molecular weight excluding hydrogens is 752 g/mol. The van der Waals surface area contributed by atoms with Crippen LogP contribution in [0.2, 0.25) is 5.02 Å². The third kappa shape index (κ3) is 7.29. The number of H-pyrrole nitrogens is 4. The van der Waals surface area contributed by atoms with Gasteiger partial charge in [-0.25, -0.2) is 9.97 Å².